The van der Waals surface area contributed by atoms with Crippen molar-refractivity contribution in [2.24, 2.45) is 25.9 Å². The van der Waals surface area contributed by atoms with Gasteiger partial charge in [0.25, 0.3) is 11.9 Å². The molecule has 8 aromatic rings. The molecule has 6 heterocycles. The van der Waals surface area contributed by atoms with Gasteiger partial charge in [0.1, 0.15) is 17.4 Å². The summed E-state index contributed by atoms with van der Waals surface area (Å²) < 4.78 is 181. The van der Waals surface area contributed by atoms with E-state index in [1.165, 1.54) is 121 Å². The largest absolute Gasteiger partial charge is 0.464 e. The minimum absolute atomic E-state index is 0.0291. The van der Waals surface area contributed by atoms with Gasteiger partial charge in [0.05, 0.1) is 49.2 Å². The number of hydrogen-bond donors (Lipinski definition) is 0. The number of unbranched alkanes of at least 4 members (excludes halogenated alkanes) is 3. The normalized spacial score (nSPS) is 14.1. The van der Waals surface area contributed by atoms with E-state index in [2.05, 4.69) is 94.4 Å². The Kier molecular flexibility index (Phi) is 28.2. The molecule has 30 heteroatoms. The Morgan fingerprint density at radius 1 is 0.500 bits per heavy atom. The number of furan rings is 2. The molecule has 6 aromatic heterocycles. The average molecular weight is 1590 g/mol. The number of rotatable bonds is 29. The minimum Gasteiger partial charge on any atom is -0.464 e. The molecule has 0 radical (unpaired) electrons. The van der Waals surface area contributed by atoms with Crippen molar-refractivity contribution in [2.75, 3.05) is 45.8 Å². The summed E-state index contributed by atoms with van der Waals surface area (Å²) in [7, 11) is 3.04. The van der Waals surface area contributed by atoms with E-state index in [0.717, 1.165) is 68.6 Å². The quantitative estimate of drug-likeness (QED) is 0.0323. The summed E-state index contributed by atoms with van der Waals surface area (Å²) in [5.74, 6) is 3.07. The third-order valence-corrected chi connectivity index (χ3v) is 33.8. The van der Waals surface area contributed by atoms with Crippen molar-refractivity contribution in [1.82, 2.24) is 50.4 Å². The SMILES string of the molecule is CCC[CH2][Sn]([CH2]CCC)([CH2]CCC)[c]1ccco1.CCN(CC1CCCC1)c1ncc(-c2ccco2)cc1CN(Cc1cc(C(F)(F)F)cc(C(F)(F)F)c1)c1nnn(C)n1.CCN(CC1CCCC1)c1ncc(Br)cc1CN(Cc1cc(C(F)(F)F)cc(C(F)(F)F)c1)c1nnn(C)n1. The number of pyridine rings is 2. The number of aryl methyl sites for hydroxylation is 2. The molecule has 0 saturated heterocycles. The first-order valence-electron chi connectivity index (χ1n) is 34.3. The van der Waals surface area contributed by atoms with Gasteiger partial charge in [0.15, 0.2) is 0 Å². The third-order valence-electron chi connectivity index (χ3n) is 18.3. The van der Waals surface area contributed by atoms with Crippen LogP contribution in [-0.2, 0) is 65.0 Å². The summed E-state index contributed by atoms with van der Waals surface area (Å²) in [4.78, 5) is 19.1. The van der Waals surface area contributed by atoms with Gasteiger partial charge in [-0.05, 0) is 150 Å². The maximum atomic E-state index is 13.6. The third kappa shape index (κ3) is 22.3. The fourth-order valence-corrected chi connectivity index (χ4v) is 28.9. The van der Waals surface area contributed by atoms with Crippen molar-refractivity contribution in [3.05, 3.63) is 147 Å². The maximum Gasteiger partial charge on any atom is 0.416 e. The molecule has 10 rings (SSSR count). The predicted octanol–water partition coefficient (Wildman–Crippen LogP) is 19.1. The molecule has 0 N–H and O–H groups in total. The molecule has 2 aliphatic rings. The molecule has 0 amide bonds. The van der Waals surface area contributed by atoms with Crippen LogP contribution >= 0.6 is 15.9 Å². The van der Waals surface area contributed by atoms with Crippen LogP contribution in [0, 0.1) is 11.8 Å². The van der Waals surface area contributed by atoms with E-state index in [1.807, 2.05) is 32.2 Å². The second-order valence-corrected chi connectivity index (χ2v) is 39.9. The Bertz CT molecular complexity index is 3690. The van der Waals surface area contributed by atoms with Crippen LogP contribution in [0.5, 0.6) is 0 Å². The first kappa shape index (κ1) is 78.8. The Morgan fingerprint density at radius 3 is 1.25 bits per heavy atom. The molecule has 0 aliphatic heterocycles. The summed E-state index contributed by atoms with van der Waals surface area (Å²) in [6, 6.07) is 14.7. The zero-order valence-electron chi connectivity index (χ0n) is 57.6. The van der Waals surface area contributed by atoms with E-state index in [4.69, 9.17) is 13.8 Å². The van der Waals surface area contributed by atoms with E-state index in [1.54, 1.807) is 24.5 Å². The first-order valence-corrected chi connectivity index (χ1v) is 42.6. The van der Waals surface area contributed by atoms with Gasteiger partial charge in [0.2, 0.25) is 0 Å². The van der Waals surface area contributed by atoms with Crippen LogP contribution in [0.15, 0.2) is 111 Å². The monoisotopic (exact) mass is 1580 g/mol. The molecule has 2 aromatic carbocycles. The van der Waals surface area contributed by atoms with E-state index in [-0.39, 0.29) is 61.3 Å². The van der Waals surface area contributed by atoms with E-state index in [0.29, 0.717) is 57.9 Å². The average Bonchev–Trinajstić information content (AvgIpc) is 1.33. The van der Waals surface area contributed by atoms with Crippen LogP contribution in [-0.4, -0.2) is 94.9 Å². The van der Waals surface area contributed by atoms with Crippen molar-refractivity contribution in [3.8, 4) is 11.3 Å². The zero-order valence-corrected chi connectivity index (χ0v) is 62.0. The predicted molar refractivity (Wildman–Crippen MR) is 367 cm³/mol. The number of anilines is 4. The smallest absolute Gasteiger partial charge is 0.416 e. The summed E-state index contributed by atoms with van der Waals surface area (Å²) in [5.41, 5.74) is -3.84. The molecule has 0 atom stereocenters. The summed E-state index contributed by atoms with van der Waals surface area (Å²) in [6.07, 6.45) is 4.37. The summed E-state index contributed by atoms with van der Waals surface area (Å²) >= 11 is 1.24. The van der Waals surface area contributed by atoms with E-state index >= 15 is 0 Å². The summed E-state index contributed by atoms with van der Waals surface area (Å²) in [6.45, 7) is 13.4. The molecular weight excluding hydrogens is 1500 g/mol. The Morgan fingerprint density at radius 2 is 0.900 bits per heavy atom. The topological polar surface area (TPSA) is 152 Å². The Labute approximate surface area is 588 Å². The molecular formula is C70H89BrF12N14O2Sn. The first-order chi connectivity index (χ1) is 47.5. The second kappa shape index (κ2) is 35.8. The van der Waals surface area contributed by atoms with E-state index < -0.39 is 65.3 Å². The van der Waals surface area contributed by atoms with Crippen molar-refractivity contribution < 1.29 is 61.5 Å². The van der Waals surface area contributed by atoms with Gasteiger partial charge >= 0.3 is 142 Å². The second-order valence-electron chi connectivity index (χ2n) is 26.0. The molecule has 0 spiro atoms. The maximum absolute atomic E-state index is 13.6. The number of halogens is 13. The molecule has 0 unspecified atom stereocenters. The fraction of sp³-hybridized carbons (Fsp3) is 0.543. The van der Waals surface area contributed by atoms with Crippen LogP contribution in [0.4, 0.5) is 76.2 Å². The van der Waals surface area contributed by atoms with Gasteiger partial charge in [-0.1, -0.05) is 35.9 Å². The van der Waals surface area contributed by atoms with Crippen LogP contribution in [0.3, 0.4) is 0 Å². The molecule has 2 aliphatic carbocycles. The van der Waals surface area contributed by atoms with Gasteiger partial charge in [-0.3, -0.25) is 0 Å². The van der Waals surface area contributed by atoms with Gasteiger partial charge in [-0.2, -0.15) is 62.3 Å². The molecule has 16 nitrogen and oxygen atoms in total. The number of tetrazole rings is 2. The van der Waals surface area contributed by atoms with Crippen molar-refractivity contribution in [2.45, 2.75) is 189 Å². The molecule has 100 heavy (non-hydrogen) atoms. The van der Waals surface area contributed by atoms with Gasteiger partial charge in [0, 0.05) is 79.4 Å². The van der Waals surface area contributed by atoms with Crippen molar-refractivity contribution >= 4 is 61.6 Å². The van der Waals surface area contributed by atoms with Gasteiger partial charge < -0.3 is 24.0 Å². The summed E-state index contributed by atoms with van der Waals surface area (Å²) in [5, 5.41) is 24.1. The van der Waals surface area contributed by atoms with E-state index in [9.17, 15) is 52.7 Å². The number of aromatic nitrogens is 10. The van der Waals surface area contributed by atoms with Gasteiger partial charge in [-0.15, -0.1) is 10.2 Å². The van der Waals surface area contributed by atoms with Gasteiger partial charge in [-0.25, -0.2) is 9.97 Å². The standard InChI is InChI=1S/C29H31F6N7O.C25H28BrF6N7.C4H3O.3C4H9.Sn/c1-3-41(16-19-7-4-5-8-19)26-22(13-21(15-36-26)25-9-6-10-43-25)18-42(27-37-39-40(2)38-27)17-20-11-23(28(30,31)32)14-24(12-20)29(33,34)35;1-3-38(13-16-6-4-5-7-16)22-18(10-21(26)12-33-22)15-39(23-34-36-37(2)35-23)14-17-8-19(24(27,28)29)11-20(9-17)25(30,31)32;1-2-4-5-3-1;3*1-3-4-2;/h6,9-15,19H,3-5,7-8,16-18H2,1-2H3;8-12,16H,3-7,13-15H2,1-2H3;1-3H;3*1,3-4H2,2H3;. The van der Waals surface area contributed by atoms with Crippen LogP contribution in [0.1, 0.15) is 169 Å². The molecule has 2 fully saturated rings. The van der Waals surface area contributed by atoms with Crippen molar-refractivity contribution in [1.29, 1.82) is 0 Å². The number of benzene rings is 2. The molecule has 0 bridgehead atoms. The Hall–Kier alpha value is -6.92. The van der Waals surface area contributed by atoms with Crippen LogP contribution in [0.25, 0.3) is 11.3 Å². The minimum atomic E-state index is -4.97. The van der Waals surface area contributed by atoms with Crippen LogP contribution in [0.2, 0.25) is 13.3 Å². The number of nitrogens with zero attached hydrogens (tertiary/aromatic N) is 14. The fourth-order valence-electron chi connectivity index (χ4n) is 13.2. The Balaban J connectivity index is 0.000000206. The number of hydrogen-bond acceptors (Lipinski definition) is 14. The van der Waals surface area contributed by atoms with Crippen LogP contribution < -0.4 is 23.4 Å². The zero-order chi connectivity index (χ0) is 72.4. The molecule has 546 valence electrons. The van der Waals surface area contributed by atoms with Crippen molar-refractivity contribution in [3.63, 3.8) is 0 Å². The number of alkyl halides is 12. The molecule has 2 saturated carbocycles.